The van der Waals surface area contributed by atoms with Crippen molar-refractivity contribution in [2.24, 2.45) is 0 Å². The van der Waals surface area contributed by atoms with Crippen molar-refractivity contribution in [3.8, 4) is 0 Å². The third kappa shape index (κ3) is 3.51. The van der Waals surface area contributed by atoms with Crippen LogP contribution in [-0.4, -0.2) is 34.2 Å². The Morgan fingerprint density at radius 2 is 2.35 bits per heavy atom. The van der Waals surface area contributed by atoms with E-state index in [1.807, 2.05) is 6.20 Å². The summed E-state index contributed by atoms with van der Waals surface area (Å²) in [7, 11) is 0. The molecule has 0 radical (unpaired) electrons. The number of aromatic nitrogens is 1. The highest BCUT2D eigenvalue weighted by Crippen LogP contribution is 2.22. The lowest BCUT2D eigenvalue weighted by atomic mass is 10.1. The van der Waals surface area contributed by atoms with Gasteiger partial charge in [0.1, 0.15) is 0 Å². The normalized spacial score (nSPS) is 20.9. The summed E-state index contributed by atoms with van der Waals surface area (Å²) in [5, 5.41) is 8.90. The standard InChI is InChI=1S/C14H22N2O/c1-12-6-7-13(15-10-12)11-16-8-2-4-14(16)5-3-9-17/h6-7,10,14,17H,2-5,8-9,11H2,1H3. The Hall–Kier alpha value is -0.930. The fourth-order valence-electron chi connectivity index (χ4n) is 2.56. The highest BCUT2D eigenvalue weighted by atomic mass is 16.2. The molecule has 0 aliphatic carbocycles. The largest absolute Gasteiger partial charge is 0.396 e. The molecule has 1 atom stereocenters. The van der Waals surface area contributed by atoms with Gasteiger partial charge in [0.25, 0.3) is 0 Å². The Bertz CT molecular complexity index is 337. The molecule has 0 bridgehead atoms. The van der Waals surface area contributed by atoms with Crippen LogP contribution in [0.4, 0.5) is 0 Å². The van der Waals surface area contributed by atoms with Crippen LogP contribution in [-0.2, 0) is 6.54 Å². The summed E-state index contributed by atoms with van der Waals surface area (Å²) in [6, 6.07) is 4.89. The van der Waals surface area contributed by atoms with E-state index in [2.05, 4.69) is 28.9 Å². The van der Waals surface area contributed by atoms with Crippen LogP contribution < -0.4 is 0 Å². The maximum absolute atomic E-state index is 8.90. The van der Waals surface area contributed by atoms with E-state index < -0.39 is 0 Å². The van der Waals surface area contributed by atoms with Gasteiger partial charge in [0.05, 0.1) is 5.69 Å². The highest BCUT2D eigenvalue weighted by molar-refractivity contribution is 5.12. The molecule has 1 aliphatic rings. The van der Waals surface area contributed by atoms with Crippen molar-refractivity contribution in [2.45, 2.75) is 45.2 Å². The van der Waals surface area contributed by atoms with Crippen LogP contribution in [0.1, 0.15) is 36.9 Å². The molecule has 1 N–H and O–H groups in total. The Balaban J connectivity index is 1.90. The van der Waals surface area contributed by atoms with Crippen molar-refractivity contribution in [1.82, 2.24) is 9.88 Å². The van der Waals surface area contributed by atoms with Gasteiger partial charge in [0, 0.05) is 25.4 Å². The van der Waals surface area contributed by atoms with Gasteiger partial charge in [-0.05, 0) is 50.8 Å². The molecule has 0 aromatic carbocycles. The van der Waals surface area contributed by atoms with Gasteiger partial charge in [-0.15, -0.1) is 0 Å². The lowest BCUT2D eigenvalue weighted by Crippen LogP contribution is -2.29. The highest BCUT2D eigenvalue weighted by Gasteiger charge is 2.23. The third-order valence-corrected chi connectivity index (χ3v) is 3.53. The molecule has 1 aromatic heterocycles. The summed E-state index contributed by atoms with van der Waals surface area (Å²) in [5.41, 5.74) is 2.37. The van der Waals surface area contributed by atoms with E-state index in [4.69, 9.17) is 5.11 Å². The third-order valence-electron chi connectivity index (χ3n) is 3.53. The summed E-state index contributed by atoms with van der Waals surface area (Å²) in [6.45, 7) is 4.51. The predicted molar refractivity (Wildman–Crippen MR) is 68.7 cm³/mol. The molecule has 0 saturated carbocycles. The Morgan fingerprint density at radius 1 is 1.47 bits per heavy atom. The van der Waals surface area contributed by atoms with Gasteiger partial charge in [0.15, 0.2) is 0 Å². The smallest absolute Gasteiger partial charge is 0.0544 e. The molecule has 1 aromatic rings. The minimum atomic E-state index is 0.313. The van der Waals surface area contributed by atoms with Crippen LogP contribution in [0.2, 0.25) is 0 Å². The van der Waals surface area contributed by atoms with E-state index in [1.54, 1.807) is 0 Å². The van der Waals surface area contributed by atoms with E-state index >= 15 is 0 Å². The molecule has 1 fully saturated rings. The van der Waals surface area contributed by atoms with E-state index in [1.165, 1.54) is 24.9 Å². The Morgan fingerprint density at radius 3 is 3.06 bits per heavy atom. The maximum atomic E-state index is 8.90. The molecule has 3 heteroatoms. The van der Waals surface area contributed by atoms with E-state index in [-0.39, 0.29) is 0 Å². The average molecular weight is 234 g/mol. The zero-order valence-corrected chi connectivity index (χ0v) is 10.6. The topological polar surface area (TPSA) is 36.4 Å². The molecule has 0 spiro atoms. The molecule has 3 nitrogen and oxygen atoms in total. The van der Waals surface area contributed by atoms with Gasteiger partial charge in [-0.25, -0.2) is 0 Å². The second kappa shape index (κ2) is 6.12. The first-order chi connectivity index (χ1) is 8.29. The molecule has 0 amide bonds. The monoisotopic (exact) mass is 234 g/mol. The lowest BCUT2D eigenvalue weighted by Gasteiger charge is -2.23. The van der Waals surface area contributed by atoms with Gasteiger partial charge in [-0.1, -0.05) is 6.07 Å². The fraction of sp³-hybridized carbons (Fsp3) is 0.643. The Kier molecular flexibility index (Phi) is 4.51. The summed E-state index contributed by atoms with van der Waals surface area (Å²) < 4.78 is 0. The van der Waals surface area contributed by atoms with Crippen molar-refractivity contribution in [3.63, 3.8) is 0 Å². The van der Waals surface area contributed by atoms with E-state index in [0.29, 0.717) is 12.6 Å². The minimum absolute atomic E-state index is 0.313. The molecule has 1 unspecified atom stereocenters. The second-order valence-corrected chi connectivity index (χ2v) is 4.96. The molecule has 17 heavy (non-hydrogen) atoms. The maximum Gasteiger partial charge on any atom is 0.0544 e. The van der Waals surface area contributed by atoms with E-state index in [0.717, 1.165) is 25.1 Å². The molecular weight excluding hydrogens is 212 g/mol. The molecule has 1 aliphatic heterocycles. The van der Waals surface area contributed by atoms with Crippen molar-refractivity contribution >= 4 is 0 Å². The van der Waals surface area contributed by atoms with Gasteiger partial charge in [0.2, 0.25) is 0 Å². The number of hydrogen-bond donors (Lipinski definition) is 1. The van der Waals surface area contributed by atoms with Crippen molar-refractivity contribution < 1.29 is 5.11 Å². The fourth-order valence-corrected chi connectivity index (χ4v) is 2.56. The quantitative estimate of drug-likeness (QED) is 0.848. The molecule has 94 valence electrons. The van der Waals surface area contributed by atoms with Gasteiger partial charge in [-0.2, -0.15) is 0 Å². The van der Waals surface area contributed by atoms with Gasteiger partial charge >= 0.3 is 0 Å². The first kappa shape index (κ1) is 12.5. The van der Waals surface area contributed by atoms with E-state index in [9.17, 15) is 0 Å². The molecule has 1 saturated heterocycles. The zero-order valence-electron chi connectivity index (χ0n) is 10.6. The first-order valence-electron chi connectivity index (χ1n) is 6.56. The Labute approximate surface area is 103 Å². The molecular formula is C14H22N2O. The number of pyridine rings is 1. The van der Waals surface area contributed by atoms with Crippen LogP contribution in [0.25, 0.3) is 0 Å². The lowest BCUT2D eigenvalue weighted by molar-refractivity contribution is 0.208. The first-order valence-corrected chi connectivity index (χ1v) is 6.56. The van der Waals surface area contributed by atoms with Crippen molar-refractivity contribution in [3.05, 3.63) is 29.6 Å². The predicted octanol–water partition coefficient (Wildman–Crippen LogP) is 2.13. The number of likely N-dealkylation sites (tertiary alicyclic amines) is 1. The number of aliphatic hydroxyl groups excluding tert-OH is 1. The van der Waals surface area contributed by atoms with Crippen molar-refractivity contribution in [2.75, 3.05) is 13.2 Å². The molecule has 2 rings (SSSR count). The van der Waals surface area contributed by atoms with Crippen LogP contribution in [0.3, 0.4) is 0 Å². The van der Waals surface area contributed by atoms with Crippen LogP contribution >= 0.6 is 0 Å². The summed E-state index contributed by atoms with van der Waals surface area (Å²) in [6.07, 6.45) is 6.52. The number of rotatable bonds is 5. The van der Waals surface area contributed by atoms with Gasteiger partial charge in [-0.3, -0.25) is 9.88 Å². The number of aryl methyl sites for hydroxylation is 1. The number of aliphatic hydroxyl groups is 1. The van der Waals surface area contributed by atoms with Crippen LogP contribution in [0.15, 0.2) is 18.3 Å². The SMILES string of the molecule is Cc1ccc(CN2CCCC2CCCO)nc1. The number of hydrogen-bond acceptors (Lipinski definition) is 3. The summed E-state index contributed by atoms with van der Waals surface area (Å²) >= 11 is 0. The zero-order chi connectivity index (χ0) is 12.1. The van der Waals surface area contributed by atoms with Gasteiger partial charge < -0.3 is 5.11 Å². The molecule has 2 heterocycles. The summed E-state index contributed by atoms with van der Waals surface area (Å²) in [4.78, 5) is 6.97. The van der Waals surface area contributed by atoms with Crippen molar-refractivity contribution in [1.29, 1.82) is 0 Å². The average Bonchev–Trinajstić information content (AvgIpc) is 2.77. The number of nitrogens with zero attached hydrogens (tertiary/aromatic N) is 2. The second-order valence-electron chi connectivity index (χ2n) is 4.96. The minimum Gasteiger partial charge on any atom is -0.396 e. The van der Waals surface area contributed by atoms with Crippen LogP contribution in [0, 0.1) is 6.92 Å². The van der Waals surface area contributed by atoms with Crippen LogP contribution in [0.5, 0.6) is 0 Å². The summed E-state index contributed by atoms with van der Waals surface area (Å²) in [5.74, 6) is 0.